The highest BCUT2D eigenvalue weighted by molar-refractivity contribution is 6.31. The highest BCUT2D eigenvalue weighted by Gasteiger charge is 2.23. The summed E-state index contributed by atoms with van der Waals surface area (Å²) >= 11 is 6.18. The molecule has 0 aliphatic carbocycles. The molecule has 0 saturated carbocycles. The molecule has 106 valence electrons. The van der Waals surface area contributed by atoms with Crippen LogP contribution < -0.4 is 15.2 Å². The molecule has 0 saturated heterocycles. The molecule has 0 spiro atoms. The second-order valence-electron chi connectivity index (χ2n) is 5.29. The topological polar surface area (TPSA) is 64.7 Å². The minimum Gasteiger partial charge on any atom is -0.454 e. The summed E-state index contributed by atoms with van der Waals surface area (Å²) in [4.78, 5) is 0. The summed E-state index contributed by atoms with van der Waals surface area (Å²) in [5, 5.41) is 10.6. The van der Waals surface area contributed by atoms with E-state index in [1.165, 1.54) is 0 Å². The maximum atomic E-state index is 10.1. The molecule has 3 N–H and O–H groups in total. The largest absolute Gasteiger partial charge is 0.454 e. The van der Waals surface area contributed by atoms with E-state index in [-0.39, 0.29) is 6.79 Å². The van der Waals surface area contributed by atoms with Crippen molar-refractivity contribution in [2.75, 3.05) is 6.79 Å². The minimum absolute atomic E-state index is 0.195. The molecule has 4 nitrogen and oxygen atoms in total. The van der Waals surface area contributed by atoms with Gasteiger partial charge >= 0.3 is 0 Å². The average Bonchev–Trinajstić information content (AvgIpc) is 2.80. The first-order valence-corrected chi connectivity index (χ1v) is 6.89. The molecule has 0 amide bonds. The maximum Gasteiger partial charge on any atom is 0.231 e. The van der Waals surface area contributed by atoms with Crippen molar-refractivity contribution < 1.29 is 14.6 Å². The number of rotatable bonds is 5. The monoisotopic (exact) mass is 285 g/mol. The first-order valence-electron chi connectivity index (χ1n) is 6.51. The molecule has 1 aliphatic rings. The fourth-order valence-electron chi connectivity index (χ4n) is 2.08. The summed E-state index contributed by atoms with van der Waals surface area (Å²) in [5.41, 5.74) is 6.79. The van der Waals surface area contributed by atoms with Gasteiger partial charge < -0.3 is 20.3 Å². The van der Waals surface area contributed by atoms with Crippen LogP contribution in [0.1, 0.15) is 38.3 Å². The van der Waals surface area contributed by atoms with Crippen molar-refractivity contribution >= 4 is 11.6 Å². The van der Waals surface area contributed by atoms with Crippen molar-refractivity contribution in [3.8, 4) is 11.5 Å². The molecule has 0 radical (unpaired) electrons. The molecule has 0 unspecified atom stereocenters. The van der Waals surface area contributed by atoms with Crippen LogP contribution >= 0.6 is 11.6 Å². The maximum absolute atomic E-state index is 10.1. The van der Waals surface area contributed by atoms with Gasteiger partial charge in [-0.1, -0.05) is 25.4 Å². The summed E-state index contributed by atoms with van der Waals surface area (Å²) in [6.45, 7) is 4.43. The van der Waals surface area contributed by atoms with E-state index in [1.54, 1.807) is 12.1 Å². The normalized spacial score (nSPS) is 16.7. The van der Waals surface area contributed by atoms with Crippen LogP contribution in [0.15, 0.2) is 12.1 Å². The number of nitrogens with two attached hydrogens (primary N) is 1. The van der Waals surface area contributed by atoms with Gasteiger partial charge in [0.15, 0.2) is 11.5 Å². The van der Waals surface area contributed by atoms with Gasteiger partial charge in [-0.15, -0.1) is 0 Å². The van der Waals surface area contributed by atoms with Gasteiger partial charge in [-0.25, -0.2) is 0 Å². The van der Waals surface area contributed by atoms with E-state index in [0.29, 0.717) is 34.4 Å². The summed E-state index contributed by atoms with van der Waals surface area (Å²) in [6, 6.07) is 2.93. The van der Waals surface area contributed by atoms with Gasteiger partial charge in [-0.2, -0.15) is 0 Å². The molecular formula is C14H20ClNO3. The Hall–Kier alpha value is -0.970. The molecule has 1 aromatic carbocycles. The van der Waals surface area contributed by atoms with E-state index in [9.17, 15) is 5.11 Å². The second-order valence-corrected chi connectivity index (χ2v) is 5.70. The standard InChI is InChI=1S/C14H20ClNO3/c1-8(2)3-4-11(17)14(16)9-5-12-13(6-10(9)15)19-7-18-12/h5-6,8,11,14,17H,3-4,7,16H2,1-2H3/t11-,14+/m0/s1. The lowest BCUT2D eigenvalue weighted by Gasteiger charge is -2.21. The molecule has 2 rings (SSSR count). The van der Waals surface area contributed by atoms with Gasteiger partial charge in [-0.3, -0.25) is 0 Å². The van der Waals surface area contributed by atoms with E-state index in [2.05, 4.69) is 13.8 Å². The van der Waals surface area contributed by atoms with Gasteiger partial charge in [0.1, 0.15) is 0 Å². The van der Waals surface area contributed by atoms with Crippen LogP contribution in [0.25, 0.3) is 0 Å². The van der Waals surface area contributed by atoms with Crippen molar-refractivity contribution in [1.82, 2.24) is 0 Å². The van der Waals surface area contributed by atoms with Crippen LogP contribution in [-0.4, -0.2) is 18.0 Å². The predicted molar refractivity (Wildman–Crippen MR) is 74.6 cm³/mol. The van der Waals surface area contributed by atoms with Gasteiger partial charge in [0.05, 0.1) is 12.1 Å². The Morgan fingerprint density at radius 1 is 1.26 bits per heavy atom. The molecule has 0 fully saturated rings. The predicted octanol–water partition coefficient (Wildman–Crippen LogP) is 2.87. The first kappa shape index (κ1) is 14.4. The van der Waals surface area contributed by atoms with Crippen molar-refractivity contribution in [3.63, 3.8) is 0 Å². The highest BCUT2D eigenvalue weighted by atomic mass is 35.5. The quantitative estimate of drug-likeness (QED) is 0.873. The summed E-state index contributed by atoms with van der Waals surface area (Å²) < 4.78 is 10.5. The Balaban J connectivity index is 2.12. The molecular weight excluding hydrogens is 266 g/mol. The lowest BCUT2D eigenvalue weighted by atomic mass is 9.95. The van der Waals surface area contributed by atoms with Crippen molar-refractivity contribution in [2.45, 2.75) is 38.8 Å². The SMILES string of the molecule is CC(C)CC[C@H](O)[C@H](N)c1cc2c(cc1Cl)OCO2. The summed E-state index contributed by atoms with van der Waals surface area (Å²) in [6.07, 6.45) is 0.973. The Kier molecular flexibility index (Phi) is 4.55. The van der Waals surface area contributed by atoms with E-state index in [1.807, 2.05) is 0 Å². The Labute approximate surface area is 118 Å². The molecule has 1 aromatic rings. The van der Waals surface area contributed by atoms with Gasteiger partial charge in [0, 0.05) is 11.1 Å². The van der Waals surface area contributed by atoms with Gasteiger partial charge in [-0.05, 0) is 30.4 Å². The summed E-state index contributed by atoms with van der Waals surface area (Å²) in [5.74, 6) is 1.79. The number of hydrogen-bond donors (Lipinski definition) is 2. The third-order valence-electron chi connectivity index (χ3n) is 3.31. The van der Waals surface area contributed by atoms with Gasteiger partial charge in [0.25, 0.3) is 0 Å². The average molecular weight is 286 g/mol. The van der Waals surface area contributed by atoms with Crippen molar-refractivity contribution in [3.05, 3.63) is 22.7 Å². The molecule has 19 heavy (non-hydrogen) atoms. The number of aliphatic hydroxyl groups excluding tert-OH is 1. The molecule has 0 aromatic heterocycles. The number of halogens is 1. The van der Waals surface area contributed by atoms with Crippen LogP contribution in [0.4, 0.5) is 0 Å². The molecule has 5 heteroatoms. The number of ether oxygens (including phenoxy) is 2. The zero-order valence-corrected chi connectivity index (χ0v) is 12.0. The Bertz CT molecular complexity index is 451. The van der Waals surface area contributed by atoms with Crippen LogP contribution in [0, 0.1) is 5.92 Å². The lowest BCUT2D eigenvalue weighted by molar-refractivity contribution is 0.128. The first-order chi connectivity index (χ1) is 8.99. The fraction of sp³-hybridized carbons (Fsp3) is 0.571. The molecule has 2 atom stereocenters. The van der Waals surface area contributed by atoms with Crippen LogP contribution in [0.5, 0.6) is 11.5 Å². The lowest BCUT2D eigenvalue weighted by Crippen LogP contribution is -2.26. The van der Waals surface area contributed by atoms with Crippen molar-refractivity contribution in [2.24, 2.45) is 11.7 Å². The zero-order valence-electron chi connectivity index (χ0n) is 11.2. The van der Waals surface area contributed by atoms with E-state index < -0.39 is 12.1 Å². The van der Waals surface area contributed by atoms with Crippen molar-refractivity contribution in [1.29, 1.82) is 0 Å². The Morgan fingerprint density at radius 2 is 1.89 bits per heavy atom. The molecule has 1 heterocycles. The zero-order chi connectivity index (χ0) is 14.0. The number of hydrogen-bond acceptors (Lipinski definition) is 4. The minimum atomic E-state index is -0.611. The summed E-state index contributed by atoms with van der Waals surface area (Å²) in [7, 11) is 0. The van der Waals surface area contributed by atoms with E-state index in [4.69, 9.17) is 26.8 Å². The van der Waals surface area contributed by atoms with Crippen LogP contribution in [0.2, 0.25) is 5.02 Å². The van der Waals surface area contributed by atoms with Gasteiger partial charge in [0.2, 0.25) is 6.79 Å². The molecule has 1 aliphatic heterocycles. The smallest absolute Gasteiger partial charge is 0.231 e. The number of fused-ring (bicyclic) bond motifs is 1. The molecule has 0 bridgehead atoms. The number of aliphatic hydroxyl groups is 1. The second kappa shape index (κ2) is 5.99. The highest BCUT2D eigenvalue weighted by Crippen LogP contribution is 2.39. The Morgan fingerprint density at radius 3 is 2.53 bits per heavy atom. The van der Waals surface area contributed by atoms with E-state index in [0.717, 1.165) is 6.42 Å². The fourth-order valence-corrected chi connectivity index (χ4v) is 2.36. The third kappa shape index (κ3) is 3.32. The van der Waals surface area contributed by atoms with Crippen LogP contribution in [0.3, 0.4) is 0 Å². The van der Waals surface area contributed by atoms with Crippen LogP contribution in [-0.2, 0) is 0 Å². The van der Waals surface area contributed by atoms with E-state index >= 15 is 0 Å². The number of benzene rings is 1. The third-order valence-corrected chi connectivity index (χ3v) is 3.63.